The maximum absolute atomic E-state index is 13.2. The normalized spacial score (nSPS) is 11.6. The van der Waals surface area contributed by atoms with E-state index >= 15 is 0 Å². The number of nitriles is 1. The number of nitrogens with zero attached hydrogens (tertiary/aromatic N) is 4. The van der Waals surface area contributed by atoms with Gasteiger partial charge >= 0.3 is 0 Å². The molecule has 3 rings (SSSR count). The molecule has 0 aliphatic rings. The van der Waals surface area contributed by atoms with Crippen LogP contribution in [0.4, 0.5) is 5.82 Å². The Morgan fingerprint density at radius 2 is 1.66 bits per heavy atom. The first-order valence-corrected chi connectivity index (χ1v) is 12.4. The number of fused-ring (bicyclic) bond motifs is 1. The Kier molecular flexibility index (Phi) is 9.85. The van der Waals surface area contributed by atoms with Gasteiger partial charge in [-0.2, -0.15) is 5.26 Å². The molecule has 184 valence electrons. The lowest BCUT2D eigenvalue weighted by atomic mass is 10.0. The Bertz CT molecular complexity index is 1130. The summed E-state index contributed by atoms with van der Waals surface area (Å²) in [5.41, 5.74) is 2.96. The monoisotopic (exact) mass is 473 g/mol. The summed E-state index contributed by atoms with van der Waals surface area (Å²) in [5.74, 6) is 0.0457. The number of carbonyl (C=O) groups excluding carboxylic acids is 1. The summed E-state index contributed by atoms with van der Waals surface area (Å²) in [6.07, 6.45) is 4.76. The first-order chi connectivity index (χ1) is 17.1. The number of ether oxygens (including phenoxy) is 1. The Hall–Kier alpha value is -3.66. The van der Waals surface area contributed by atoms with Crippen molar-refractivity contribution in [2.24, 2.45) is 0 Å². The predicted octanol–water partition coefficient (Wildman–Crippen LogP) is 5.01. The number of amides is 1. The Morgan fingerprint density at radius 3 is 2.23 bits per heavy atom. The number of methoxy groups -OCH3 is 1. The molecule has 0 bridgehead atoms. The zero-order valence-electron chi connectivity index (χ0n) is 21.0. The van der Waals surface area contributed by atoms with Crippen molar-refractivity contribution in [3.8, 4) is 11.8 Å². The molecule has 7 nitrogen and oxygen atoms in total. The minimum absolute atomic E-state index is 0.349. The van der Waals surface area contributed by atoms with Gasteiger partial charge in [-0.05, 0) is 49.1 Å². The standard InChI is InChI=1S/C28H35N5O2/c1-4-6-18-33(19-7-5-2)27-26(31-24-10-8-9-11-25(24)32-27)23(20-29)28(34)30-17-16-21-12-14-22(35-3)15-13-21/h8-15,23H,4-7,16-19H2,1-3H3,(H,30,34). The summed E-state index contributed by atoms with van der Waals surface area (Å²) < 4.78 is 5.19. The van der Waals surface area contributed by atoms with Gasteiger partial charge < -0.3 is 15.0 Å². The zero-order chi connectivity index (χ0) is 25.0. The summed E-state index contributed by atoms with van der Waals surface area (Å²) in [6, 6.07) is 17.5. The highest BCUT2D eigenvalue weighted by molar-refractivity contribution is 5.88. The molecule has 0 saturated carbocycles. The highest BCUT2D eigenvalue weighted by Crippen LogP contribution is 2.28. The quantitative estimate of drug-likeness (QED) is 0.375. The lowest BCUT2D eigenvalue weighted by Crippen LogP contribution is -2.34. The number of para-hydroxylation sites is 2. The highest BCUT2D eigenvalue weighted by atomic mass is 16.5. The van der Waals surface area contributed by atoms with Crippen LogP contribution in [0.2, 0.25) is 0 Å². The van der Waals surface area contributed by atoms with Crippen LogP contribution in [0.5, 0.6) is 5.75 Å². The summed E-state index contributed by atoms with van der Waals surface area (Å²) in [6.45, 7) is 6.36. The van der Waals surface area contributed by atoms with Gasteiger partial charge in [0.15, 0.2) is 11.7 Å². The molecule has 7 heteroatoms. The van der Waals surface area contributed by atoms with Crippen molar-refractivity contribution >= 4 is 22.8 Å². The van der Waals surface area contributed by atoms with Crippen LogP contribution >= 0.6 is 0 Å². The molecule has 3 aromatic rings. The van der Waals surface area contributed by atoms with E-state index in [0.717, 1.165) is 55.6 Å². The third-order valence-electron chi connectivity index (χ3n) is 5.98. The maximum atomic E-state index is 13.2. The second-order valence-corrected chi connectivity index (χ2v) is 8.57. The minimum atomic E-state index is -1.04. The molecule has 1 unspecified atom stereocenters. The molecular weight excluding hydrogens is 438 g/mol. The van der Waals surface area contributed by atoms with Crippen LogP contribution in [0.3, 0.4) is 0 Å². The molecular formula is C28H35N5O2. The minimum Gasteiger partial charge on any atom is -0.497 e. The molecule has 1 amide bonds. The Balaban J connectivity index is 1.86. The molecule has 0 saturated heterocycles. The number of unbranched alkanes of at least 4 members (excludes halogenated alkanes) is 2. The zero-order valence-corrected chi connectivity index (χ0v) is 21.0. The second kappa shape index (κ2) is 13.3. The van der Waals surface area contributed by atoms with E-state index in [2.05, 4.69) is 30.1 Å². The largest absolute Gasteiger partial charge is 0.497 e. The molecule has 1 heterocycles. The molecule has 0 fully saturated rings. The highest BCUT2D eigenvalue weighted by Gasteiger charge is 2.28. The number of hydrogen-bond donors (Lipinski definition) is 1. The van der Waals surface area contributed by atoms with Gasteiger partial charge in [0.2, 0.25) is 5.91 Å². The summed E-state index contributed by atoms with van der Waals surface area (Å²) >= 11 is 0. The SMILES string of the molecule is CCCCN(CCCC)c1nc2ccccc2nc1C(C#N)C(=O)NCCc1ccc(OC)cc1. The van der Waals surface area contributed by atoms with E-state index in [0.29, 0.717) is 30.0 Å². The fraction of sp³-hybridized carbons (Fsp3) is 0.429. The van der Waals surface area contributed by atoms with Gasteiger partial charge in [0.1, 0.15) is 11.4 Å². The van der Waals surface area contributed by atoms with Crippen LogP contribution in [-0.4, -0.2) is 42.6 Å². The maximum Gasteiger partial charge on any atom is 0.243 e. The number of anilines is 1. The van der Waals surface area contributed by atoms with Gasteiger partial charge in [-0.15, -0.1) is 0 Å². The molecule has 1 N–H and O–H groups in total. The molecule has 0 spiro atoms. The van der Waals surface area contributed by atoms with Gasteiger partial charge in [0.25, 0.3) is 0 Å². The third-order valence-corrected chi connectivity index (χ3v) is 5.98. The van der Waals surface area contributed by atoms with E-state index in [1.54, 1.807) is 7.11 Å². The van der Waals surface area contributed by atoms with Crippen molar-refractivity contribution in [1.82, 2.24) is 15.3 Å². The van der Waals surface area contributed by atoms with Crippen LogP contribution in [-0.2, 0) is 11.2 Å². The van der Waals surface area contributed by atoms with Crippen LogP contribution in [0.1, 0.15) is 56.7 Å². The van der Waals surface area contributed by atoms with Crippen LogP contribution in [0, 0.1) is 11.3 Å². The molecule has 35 heavy (non-hydrogen) atoms. The first kappa shape index (κ1) is 26.0. The summed E-state index contributed by atoms with van der Waals surface area (Å²) in [4.78, 5) is 25.0. The van der Waals surface area contributed by atoms with E-state index in [1.165, 1.54) is 0 Å². The average Bonchev–Trinajstić information content (AvgIpc) is 2.89. The van der Waals surface area contributed by atoms with Crippen molar-refractivity contribution in [3.05, 3.63) is 59.8 Å². The number of nitrogens with one attached hydrogen (secondary N) is 1. The van der Waals surface area contributed by atoms with Crippen LogP contribution in [0.25, 0.3) is 11.0 Å². The molecule has 1 atom stereocenters. The van der Waals surface area contributed by atoms with Crippen molar-refractivity contribution in [2.45, 2.75) is 51.9 Å². The molecule has 1 aromatic heterocycles. The second-order valence-electron chi connectivity index (χ2n) is 8.57. The summed E-state index contributed by atoms with van der Waals surface area (Å²) in [7, 11) is 1.63. The predicted molar refractivity (Wildman–Crippen MR) is 140 cm³/mol. The van der Waals surface area contributed by atoms with Gasteiger partial charge in [-0.25, -0.2) is 9.97 Å². The third kappa shape index (κ3) is 6.92. The van der Waals surface area contributed by atoms with Crippen molar-refractivity contribution in [2.75, 3.05) is 31.6 Å². The fourth-order valence-electron chi connectivity index (χ4n) is 3.92. The van der Waals surface area contributed by atoms with Crippen molar-refractivity contribution in [3.63, 3.8) is 0 Å². The number of aromatic nitrogens is 2. The van der Waals surface area contributed by atoms with E-state index in [4.69, 9.17) is 14.7 Å². The number of hydrogen-bond acceptors (Lipinski definition) is 6. The van der Waals surface area contributed by atoms with Gasteiger partial charge in [-0.1, -0.05) is 51.0 Å². The fourth-order valence-corrected chi connectivity index (χ4v) is 3.92. The molecule has 0 aliphatic heterocycles. The average molecular weight is 474 g/mol. The lowest BCUT2D eigenvalue weighted by Gasteiger charge is -2.26. The van der Waals surface area contributed by atoms with E-state index in [9.17, 15) is 10.1 Å². The lowest BCUT2D eigenvalue weighted by molar-refractivity contribution is -0.121. The van der Waals surface area contributed by atoms with Crippen molar-refractivity contribution < 1.29 is 9.53 Å². The van der Waals surface area contributed by atoms with Gasteiger partial charge in [0, 0.05) is 19.6 Å². The van der Waals surface area contributed by atoms with Crippen LogP contribution < -0.4 is 15.0 Å². The van der Waals surface area contributed by atoms with E-state index in [1.807, 2.05) is 48.5 Å². The smallest absolute Gasteiger partial charge is 0.243 e. The number of rotatable bonds is 13. The van der Waals surface area contributed by atoms with Gasteiger partial charge in [-0.3, -0.25) is 4.79 Å². The number of carbonyl (C=O) groups is 1. The Labute approximate surface area is 208 Å². The Morgan fingerprint density at radius 1 is 1.03 bits per heavy atom. The summed E-state index contributed by atoms with van der Waals surface area (Å²) in [5, 5.41) is 13.0. The molecule has 2 aromatic carbocycles. The van der Waals surface area contributed by atoms with Crippen LogP contribution in [0.15, 0.2) is 48.5 Å². The number of benzene rings is 2. The topological polar surface area (TPSA) is 91.1 Å². The van der Waals surface area contributed by atoms with E-state index in [-0.39, 0.29) is 5.91 Å². The first-order valence-electron chi connectivity index (χ1n) is 12.4. The van der Waals surface area contributed by atoms with Crippen molar-refractivity contribution in [1.29, 1.82) is 5.26 Å². The van der Waals surface area contributed by atoms with Gasteiger partial charge in [0.05, 0.1) is 24.2 Å². The molecule has 0 aliphatic carbocycles. The molecule has 0 radical (unpaired) electrons. The van der Waals surface area contributed by atoms with E-state index < -0.39 is 5.92 Å².